The van der Waals surface area contributed by atoms with E-state index in [4.69, 9.17) is 16.3 Å². The van der Waals surface area contributed by atoms with Crippen LogP contribution in [-0.4, -0.2) is 54.8 Å². The van der Waals surface area contributed by atoms with Crippen LogP contribution in [0.25, 0.3) is 0 Å². The topological polar surface area (TPSA) is 73.9 Å². The SMILES string of the molecule is Cc1ccc(NC(=O)c2ccc(CN3CCN(C)CC3)cc2)cc1C(=O)Nc1ccc(OCc2cccc(F)c2)c(Cl)c1. The molecule has 7 nitrogen and oxygen atoms in total. The molecule has 0 atom stereocenters. The molecule has 0 spiro atoms. The number of hydrogen-bond acceptors (Lipinski definition) is 5. The first-order valence-electron chi connectivity index (χ1n) is 14.1. The Hall–Kier alpha value is -4.24. The Balaban J connectivity index is 1.18. The van der Waals surface area contributed by atoms with E-state index >= 15 is 0 Å². The second-order valence-electron chi connectivity index (χ2n) is 10.8. The molecule has 1 heterocycles. The van der Waals surface area contributed by atoms with Gasteiger partial charge >= 0.3 is 0 Å². The largest absolute Gasteiger partial charge is 0.487 e. The fourth-order valence-corrected chi connectivity index (χ4v) is 5.09. The van der Waals surface area contributed by atoms with Crippen LogP contribution in [0.2, 0.25) is 5.02 Å². The highest BCUT2D eigenvalue weighted by Crippen LogP contribution is 2.29. The van der Waals surface area contributed by atoms with E-state index in [2.05, 4.69) is 27.5 Å². The molecule has 2 amide bonds. The lowest BCUT2D eigenvalue weighted by molar-refractivity contribution is 0.101. The van der Waals surface area contributed by atoms with Crippen molar-refractivity contribution in [1.82, 2.24) is 9.80 Å². The van der Waals surface area contributed by atoms with Crippen LogP contribution in [0.15, 0.2) is 84.9 Å². The molecule has 0 radical (unpaired) electrons. The quantitative estimate of drug-likeness (QED) is 0.226. The Morgan fingerprint density at radius 3 is 2.26 bits per heavy atom. The Labute approximate surface area is 256 Å². The van der Waals surface area contributed by atoms with E-state index in [0.29, 0.717) is 38.8 Å². The number of anilines is 2. The van der Waals surface area contributed by atoms with Crippen LogP contribution >= 0.6 is 11.6 Å². The minimum Gasteiger partial charge on any atom is -0.487 e. The molecule has 1 saturated heterocycles. The second kappa shape index (κ2) is 13.8. The number of amides is 2. The normalized spacial score (nSPS) is 13.9. The van der Waals surface area contributed by atoms with Crippen molar-refractivity contribution >= 4 is 34.8 Å². The van der Waals surface area contributed by atoms with E-state index in [0.717, 1.165) is 38.3 Å². The average molecular weight is 601 g/mol. The van der Waals surface area contributed by atoms with Gasteiger partial charge in [0.05, 0.1) is 5.02 Å². The summed E-state index contributed by atoms with van der Waals surface area (Å²) in [7, 11) is 2.14. The third kappa shape index (κ3) is 8.20. The van der Waals surface area contributed by atoms with E-state index in [1.807, 2.05) is 31.2 Å². The molecule has 2 N–H and O–H groups in total. The van der Waals surface area contributed by atoms with Gasteiger partial charge in [0.15, 0.2) is 0 Å². The first kappa shape index (κ1) is 30.2. The molecule has 9 heteroatoms. The number of halogens is 2. The summed E-state index contributed by atoms with van der Waals surface area (Å²) in [5.41, 5.74) is 4.56. The third-order valence-electron chi connectivity index (χ3n) is 7.43. The van der Waals surface area contributed by atoms with Gasteiger partial charge in [-0.2, -0.15) is 0 Å². The number of carbonyl (C=O) groups is 2. The number of benzene rings is 4. The van der Waals surface area contributed by atoms with Gasteiger partial charge in [-0.05, 0) is 85.3 Å². The molecule has 0 unspecified atom stereocenters. The van der Waals surface area contributed by atoms with Crippen molar-refractivity contribution in [2.24, 2.45) is 0 Å². The van der Waals surface area contributed by atoms with E-state index in [1.54, 1.807) is 48.5 Å². The fourth-order valence-electron chi connectivity index (χ4n) is 4.86. The summed E-state index contributed by atoms with van der Waals surface area (Å²) in [6.07, 6.45) is 0. The molecular weight excluding hydrogens is 567 g/mol. The van der Waals surface area contributed by atoms with Crippen LogP contribution in [0.1, 0.15) is 37.4 Å². The number of carbonyl (C=O) groups excluding carboxylic acids is 2. The van der Waals surface area contributed by atoms with Crippen LogP contribution in [0.4, 0.5) is 15.8 Å². The number of ether oxygens (including phenoxy) is 1. The van der Waals surface area contributed by atoms with Crippen molar-refractivity contribution < 1.29 is 18.7 Å². The highest BCUT2D eigenvalue weighted by atomic mass is 35.5. The standard InChI is InChI=1S/C34H34ClFN4O3/c1-23-6-11-28(37-33(41)26-9-7-24(8-10-26)21-40-16-14-39(2)15-17-40)19-30(23)34(42)38-29-12-13-32(31(35)20-29)43-22-25-4-3-5-27(36)18-25/h3-13,18-20H,14-17,21-22H2,1-2H3,(H,37,41)(H,38,42). The zero-order chi connectivity index (χ0) is 30.3. The highest BCUT2D eigenvalue weighted by molar-refractivity contribution is 6.32. The van der Waals surface area contributed by atoms with Crippen LogP contribution in [0, 0.1) is 12.7 Å². The lowest BCUT2D eigenvalue weighted by Gasteiger charge is -2.32. The van der Waals surface area contributed by atoms with Crippen LogP contribution < -0.4 is 15.4 Å². The average Bonchev–Trinajstić information content (AvgIpc) is 2.99. The second-order valence-corrected chi connectivity index (χ2v) is 11.2. The molecule has 43 heavy (non-hydrogen) atoms. The molecule has 1 aliphatic rings. The molecule has 0 saturated carbocycles. The minimum atomic E-state index is -0.341. The summed E-state index contributed by atoms with van der Waals surface area (Å²) in [5, 5.41) is 6.06. The molecule has 4 aromatic carbocycles. The minimum absolute atomic E-state index is 0.154. The Bertz CT molecular complexity index is 1600. The zero-order valence-electron chi connectivity index (χ0n) is 24.2. The number of rotatable bonds is 9. The van der Waals surface area contributed by atoms with E-state index in [1.165, 1.54) is 17.7 Å². The van der Waals surface area contributed by atoms with Gasteiger partial charge in [-0.1, -0.05) is 41.9 Å². The molecular formula is C34H34ClFN4O3. The summed E-state index contributed by atoms with van der Waals surface area (Å²) >= 11 is 6.39. The Morgan fingerprint density at radius 2 is 1.53 bits per heavy atom. The van der Waals surface area contributed by atoms with Crippen LogP contribution in [-0.2, 0) is 13.2 Å². The fraction of sp³-hybridized carbons (Fsp3) is 0.235. The van der Waals surface area contributed by atoms with Gasteiger partial charge in [-0.3, -0.25) is 14.5 Å². The summed E-state index contributed by atoms with van der Waals surface area (Å²) in [6.45, 7) is 7.04. The lowest BCUT2D eigenvalue weighted by atomic mass is 10.1. The van der Waals surface area contributed by atoms with Gasteiger partial charge < -0.3 is 20.3 Å². The molecule has 0 aliphatic carbocycles. The van der Waals surface area contributed by atoms with Gasteiger partial charge in [0.2, 0.25) is 0 Å². The van der Waals surface area contributed by atoms with Gasteiger partial charge in [0.1, 0.15) is 18.2 Å². The Morgan fingerprint density at radius 1 is 0.837 bits per heavy atom. The molecule has 0 bridgehead atoms. The maximum Gasteiger partial charge on any atom is 0.256 e. The summed E-state index contributed by atoms with van der Waals surface area (Å²) < 4.78 is 19.1. The number of aryl methyl sites for hydroxylation is 1. The maximum atomic E-state index is 13.4. The predicted molar refractivity (Wildman–Crippen MR) is 168 cm³/mol. The van der Waals surface area contributed by atoms with E-state index < -0.39 is 0 Å². The van der Waals surface area contributed by atoms with Gasteiger partial charge in [0, 0.05) is 55.2 Å². The van der Waals surface area contributed by atoms with Gasteiger partial charge in [0.25, 0.3) is 11.8 Å². The maximum absolute atomic E-state index is 13.4. The summed E-state index contributed by atoms with van der Waals surface area (Å²) in [6, 6.07) is 23.9. The predicted octanol–water partition coefficient (Wildman–Crippen LogP) is 6.62. The monoisotopic (exact) mass is 600 g/mol. The first-order valence-corrected chi connectivity index (χ1v) is 14.5. The number of likely N-dealkylation sites (N-methyl/N-ethyl adjacent to an activating group) is 1. The van der Waals surface area contributed by atoms with Crippen molar-refractivity contribution in [1.29, 1.82) is 0 Å². The van der Waals surface area contributed by atoms with Crippen LogP contribution in [0.5, 0.6) is 5.75 Å². The third-order valence-corrected chi connectivity index (χ3v) is 7.73. The molecule has 1 fully saturated rings. The zero-order valence-corrected chi connectivity index (χ0v) is 25.0. The first-order chi connectivity index (χ1) is 20.7. The molecule has 222 valence electrons. The van der Waals surface area contributed by atoms with Crippen molar-refractivity contribution in [2.75, 3.05) is 43.9 Å². The lowest BCUT2D eigenvalue weighted by Crippen LogP contribution is -2.43. The summed E-state index contributed by atoms with van der Waals surface area (Å²) in [5.74, 6) is -0.513. The van der Waals surface area contributed by atoms with Crippen molar-refractivity contribution in [2.45, 2.75) is 20.1 Å². The van der Waals surface area contributed by atoms with Crippen LogP contribution in [0.3, 0.4) is 0 Å². The molecule has 5 rings (SSSR count). The van der Waals surface area contributed by atoms with Crippen molar-refractivity contribution in [3.05, 3.63) is 124 Å². The molecule has 1 aliphatic heterocycles. The number of piperazine rings is 1. The molecule has 4 aromatic rings. The van der Waals surface area contributed by atoms with Crippen molar-refractivity contribution in [3.8, 4) is 5.75 Å². The Kier molecular flexibility index (Phi) is 9.72. The summed E-state index contributed by atoms with van der Waals surface area (Å²) in [4.78, 5) is 30.9. The number of hydrogen-bond donors (Lipinski definition) is 2. The van der Waals surface area contributed by atoms with Crippen molar-refractivity contribution in [3.63, 3.8) is 0 Å². The smallest absolute Gasteiger partial charge is 0.256 e. The van der Waals surface area contributed by atoms with E-state index in [9.17, 15) is 14.0 Å². The van der Waals surface area contributed by atoms with Gasteiger partial charge in [-0.15, -0.1) is 0 Å². The number of nitrogens with one attached hydrogen (secondary N) is 2. The highest BCUT2D eigenvalue weighted by Gasteiger charge is 2.16. The molecule has 0 aromatic heterocycles. The van der Waals surface area contributed by atoms with Gasteiger partial charge in [-0.25, -0.2) is 4.39 Å². The number of nitrogens with zero attached hydrogens (tertiary/aromatic N) is 2. The van der Waals surface area contributed by atoms with E-state index in [-0.39, 0.29) is 24.2 Å².